The summed E-state index contributed by atoms with van der Waals surface area (Å²) in [6.07, 6.45) is 2.36. The van der Waals surface area contributed by atoms with Crippen LogP contribution in [0.25, 0.3) is 0 Å². The molecule has 1 rings (SSSR count). The summed E-state index contributed by atoms with van der Waals surface area (Å²) in [5.41, 5.74) is 2.03. The van der Waals surface area contributed by atoms with E-state index in [0.717, 1.165) is 11.3 Å². The molecule has 0 bridgehead atoms. The second-order valence-electron chi connectivity index (χ2n) is 6.10. The van der Waals surface area contributed by atoms with E-state index in [1.807, 2.05) is 19.1 Å². The molecule has 2 heteroatoms. The van der Waals surface area contributed by atoms with Gasteiger partial charge in [0, 0.05) is 11.7 Å². The zero-order chi connectivity index (χ0) is 13.7. The van der Waals surface area contributed by atoms with Crippen LogP contribution >= 0.6 is 0 Å². The summed E-state index contributed by atoms with van der Waals surface area (Å²) >= 11 is 0. The molecule has 0 saturated carbocycles. The Morgan fingerprint density at radius 3 is 2.06 bits per heavy atom. The number of phenolic OH excluding ortho intramolecular Hbond substituents is 1. The molecule has 0 fully saturated rings. The third-order valence-electron chi connectivity index (χ3n) is 3.08. The summed E-state index contributed by atoms with van der Waals surface area (Å²) in [6, 6.07) is 6.24. The van der Waals surface area contributed by atoms with Gasteiger partial charge in [0.25, 0.3) is 0 Å². The molecule has 0 saturated heterocycles. The normalized spacial score (nSPS) is 11.6. The van der Waals surface area contributed by atoms with Crippen molar-refractivity contribution in [1.29, 1.82) is 0 Å². The van der Waals surface area contributed by atoms with E-state index in [1.54, 1.807) is 6.07 Å². The van der Waals surface area contributed by atoms with E-state index >= 15 is 0 Å². The van der Waals surface area contributed by atoms with Gasteiger partial charge in [-0.05, 0) is 55.4 Å². The van der Waals surface area contributed by atoms with Gasteiger partial charge in [0.2, 0.25) is 0 Å². The van der Waals surface area contributed by atoms with E-state index < -0.39 is 0 Å². The van der Waals surface area contributed by atoms with Crippen LogP contribution in [0.3, 0.4) is 0 Å². The molecule has 0 aliphatic carbocycles. The van der Waals surface area contributed by atoms with E-state index in [4.69, 9.17) is 0 Å². The molecule has 0 amide bonds. The highest BCUT2D eigenvalue weighted by atomic mass is 16.3. The van der Waals surface area contributed by atoms with Crippen molar-refractivity contribution < 1.29 is 5.11 Å². The Morgan fingerprint density at radius 2 is 1.61 bits per heavy atom. The molecule has 1 aromatic carbocycles. The SMILES string of the molecule is Cc1cc(NC(CC(C)C)CC(C)C)ccc1O. The van der Waals surface area contributed by atoms with Crippen LogP contribution in [-0.4, -0.2) is 11.1 Å². The van der Waals surface area contributed by atoms with Gasteiger partial charge in [0.15, 0.2) is 0 Å². The average molecular weight is 249 g/mol. The second-order valence-corrected chi connectivity index (χ2v) is 6.10. The molecule has 0 aliphatic heterocycles. The van der Waals surface area contributed by atoms with E-state index in [0.29, 0.717) is 23.6 Å². The molecule has 0 unspecified atom stereocenters. The second kappa shape index (κ2) is 6.67. The molecular formula is C16H27NO. The lowest BCUT2D eigenvalue weighted by atomic mass is 9.95. The number of aryl methyl sites for hydroxylation is 1. The molecule has 2 N–H and O–H groups in total. The van der Waals surface area contributed by atoms with Crippen molar-refractivity contribution in [2.24, 2.45) is 11.8 Å². The largest absolute Gasteiger partial charge is 0.508 e. The summed E-state index contributed by atoms with van der Waals surface area (Å²) in [6.45, 7) is 11.0. The molecule has 0 spiro atoms. The zero-order valence-corrected chi connectivity index (χ0v) is 12.3. The van der Waals surface area contributed by atoms with Gasteiger partial charge in [-0.15, -0.1) is 0 Å². The lowest BCUT2D eigenvalue weighted by Crippen LogP contribution is -2.23. The minimum Gasteiger partial charge on any atom is -0.508 e. The average Bonchev–Trinajstić information content (AvgIpc) is 2.21. The van der Waals surface area contributed by atoms with Crippen LogP contribution in [0.5, 0.6) is 5.75 Å². The predicted molar refractivity (Wildman–Crippen MR) is 79.2 cm³/mol. The highest BCUT2D eigenvalue weighted by Crippen LogP contribution is 2.23. The Bertz CT molecular complexity index is 361. The van der Waals surface area contributed by atoms with Gasteiger partial charge in [-0.3, -0.25) is 0 Å². The molecule has 0 radical (unpaired) electrons. The van der Waals surface area contributed by atoms with Crippen molar-refractivity contribution >= 4 is 5.69 Å². The number of rotatable bonds is 6. The first-order chi connectivity index (χ1) is 8.38. The number of hydrogen-bond acceptors (Lipinski definition) is 2. The summed E-state index contributed by atoms with van der Waals surface area (Å²) < 4.78 is 0. The summed E-state index contributed by atoms with van der Waals surface area (Å²) in [5.74, 6) is 1.75. The van der Waals surface area contributed by atoms with Crippen molar-refractivity contribution in [1.82, 2.24) is 0 Å². The van der Waals surface area contributed by atoms with Crippen molar-refractivity contribution in [2.45, 2.75) is 53.5 Å². The number of anilines is 1. The quantitative estimate of drug-likeness (QED) is 0.724. The number of nitrogens with one attached hydrogen (secondary N) is 1. The molecule has 102 valence electrons. The minimum absolute atomic E-state index is 0.366. The molecule has 18 heavy (non-hydrogen) atoms. The van der Waals surface area contributed by atoms with Crippen LogP contribution in [0.2, 0.25) is 0 Å². The number of phenols is 1. The van der Waals surface area contributed by atoms with Crippen molar-refractivity contribution in [3.63, 3.8) is 0 Å². The molecule has 2 nitrogen and oxygen atoms in total. The zero-order valence-electron chi connectivity index (χ0n) is 12.3. The van der Waals surface area contributed by atoms with Gasteiger partial charge in [-0.2, -0.15) is 0 Å². The van der Waals surface area contributed by atoms with Gasteiger partial charge in [-0.25, -0.2) is 0 Å². The van der Waals surface area contributed by atoms with Crippen molar-refractivity contribution in [2.75, 3.05) is 5.32 Å². The number of aromatic hydroxyl groups is 1. The Kier molecular flexibility index (Phi) is 5.52. The fraction of sp³-hybridized carbons (Fsp3) is 0.625. The van der Waals surface area contributed by atoms with Crippen molar-refractivity contribution in [3.8, 4) is 5.75 Å². The first-order valence-electron chi connectivity index (χ1n) is 6.94. The van der Waals surface area contributed by atoms with Crippen LogP contribution in [0.4, 0.5) is 5.69 Å². The smallest absolute Gasteiger partial charge is 0.118 e. The maximum atomic E-state index is 9.54. The standard InChI is InChI=1S/C16H27NO/c1-11(2)8-15(9-12(3)4)17-14-6-7-16(18)13(5)10-14/h6-7,10-12,15,17-18H,8-9H2,1-5H3. The Balaban J connectivity index is 2.71. The Morgan fingerprint density at radius 1 is 1.06 bits per heavy atom. The van der Waals surface area contributed by atoms with E-state index in [-0.39, 0.29) is 0 Å². The summed E-state index contributed by atoms with van der Waals surface area (Å²) in [5, 5.41) is 13.1. The van der Waals surface area contributed by atoms with Gasteiger partial charge in [0.05, 0.1) is 0 Å². The van der Waals surface area contributed by atoms with Crippen molar-refractivity contribution in [3.05, 3.63) is 23.8 Å². The van der Waals surface area contributed by atoms with Crippen LogP contribution in [0.15, 0.2) is 18.2 Å². The summed E-state index contributed by atoms with van der Waals surface area (Å²) in [7, 11) is 0. The van der Waals surface area contributed by atoms with Crippen LogP contribution in [-0.2, 0) is 0 Å². The Hall–Kier alpha value is -1.18. The van der Waals surface area contributed by atoms with Crippen LogP contribution in [0, 0.1) is 18.8 Å². The van der Waals surface area contributed by atoms with Gasteiger partial charge < -0.3 is 10.4 Å². The van der Waals surface area contributed by atoms with Crippen LogP contribution < -0.4 is 5.32 Å². The molecule has 0 aliphatic rings. The maximum Gasteiger partial charge on any atom is 0.118 e. The highest BCUT2D eigenvalue weighted by molar-refractivity contribution is 5.50. The molecule has 1 aromatic rings. The monoisotopic (exact) mass is 249 g/mol. The molecular weight excluding hydrogens is 222 g/mol. The maximum absolute atomic E-state index is 9.54. The first kappa shape index (κ1) is 14.9. The number of benzene rings is 1. The molecule has 0 aromatic heterocycles. The fourth-order valence-corrected chi connectivity index (χ4v) is 2.33. The lowest BCUT2D eigenvalue weighted by Gasteiger charge is -2.23. The third-order valence-corrected chi connectivity index (χ3v) is 3.08. The fourth-order valence-electron chi connectivity index (χ4n) is 2.33. The summed E-state index contributed by atoms with van der Waals surface area (Å²) in [4.78, 5) is 0. The van der Waals surface area contributed by atoms with E-state index in [1.165, 1.54) is 12.8 Å². The lowest BCUT2D eigenvalue weighted by molar-refractivity contribution is 0.442. The topological polar surface area (TPSA) is 32.3 Å². The first-order valence-corrected chi connectivity index (χ1v) is 6.94. The third kappa shape index (κ3) is 4.99. The van der Waals surface area contributed by atoms with Gasteiger partial charge >= 0.3 is 0 Å². The predicted octanol–water partition coefficient (Wildman–Crippen LogP) is 4.57. The van der Waals surface area contributed by atoms with Gasteiger partial charge in [-0.1, -0.05) is 27.7 Å². The Labute approximate surface area is 111 Å². The highest BCUT2D eigenvalue weighted by Gasteiger charge is 2.13. The van der Waals surface area contributed by atoms with E-state index in [9.17, 15) is 5.11 Å². The van der Waals surface area contributed by atoms with E-state index in [2.05, 4.69) is 33.0 Å². The minimum atomic E-state index is 0.366. The molecule has 0 heterocycles. The molecule has 0 atom stereocenters. The van der Waals surface area contributed by atoms with Crippen LogP contribution in [0.1, 0.15) is 46.1 Å². The van der Waals surface area contributed by atoms with Gasteiger partial charge in [0.1, 0.15) is 5.75 Å². The number of hydrogen-bond donors (Lipinski definition) is 2.